The maximum Gasteiger partial charge on any atom is 0.415 e. The number of rotatable bonds is 9. The molecule has 0 aromatic heterocycles. The molecular weight excluding hydrogens is 716 g/mol. The summed E-state index contributed by atoms with van der Waals surface area (Å²) in [6.45, 7) is 4.11. The lowest BCUT2D eigenvalue weighted by atomic mass is 10.1. The van der Waals surface area contributed by atoms with E-state index in [-0.39, 0.29) is 27.9 Å². The van der Waals surface area contributed by atoms with Gasteiger partial charge in [0, 0.05) is 23.8 Å². The van der Waals surface area contributed by atoms with Crippen LogP contribution in [0.15, 0.2) is 78.2 Å². The number of halogens is 12. The van der Waals surface area contributed by atoms with E-state index in [0.29, 0.717) is 19.1 Å². The van der Waals surface area contributed by atoms with E-state index in [1.165, 1.54) is 6.07 Å². The molecule has 0 bridgehead atoms. The number of benzene rings is 2. The normalized spacial score (nSPS) is 18.1. The van der Waals surface area contributed by atoms with E-state index in [9.17, 15) is 53.9 Å². The molecule has 0 unspecified atom stereocenters. The number of anilines is 3. The second-order valence-electron chi connectivity index (χ2n) is 9.79. The smallest absolute Gasteiger partial charge is 0.326 e. The molecule has 0 saturated heterocycles. The second-order valence-corrected chi connectivity index (χ2v) is 11.6. The highest BCUT2D eigenvalue weighted by Gasteiger charge is 2.67. The van der Waals surface area contributed by atoms with Gasteiger partial charge in [-0.05, 0) is 48.9 Å². The van der Waals surface area contributed by atoms with Crippen molar-refractivity contribution in [2.24, 2.45) is 11.8 Å². The minimum absolute atomic E-state index is 0.00468. The van der Waals surface area contributed by atoms with Gasteiger partial charge in [0.1, 0.15) is 21.7 Å². The number of nitrogens with one attached hydrogen (secondary N) is 3. The summed E-state index contributed by atoms with van der Waals surface area (Å²) in [4.78, 5) is 37.6. The van der Waals surface area contributed by atoms with Gasteiger partial charge in [0.15, 0.2) is 5.82 Å². The van der Waals surface area contributed by atoms with E-state index in [2.05, 4.69) is 17.2 Å². The van der Waals surface area contributed by atoms with Crippen molar-refractivity contribution in [1.82, 2.24) is 0 Å². The molecule has 3 amide bonds. The van der Waals surface area contributed by atoms with Gasteiger partial charge in [-0.2, -0.15) is 26.3 Å². The number of allylic oxidation sites excluding steroid dienone is 6. The van der Waals surface area contributed by atoms with Gasteiger partial charge in [-0.15, -0.1) is 23.2 Å². The van der Waals surface area contributed by atoms with Crippen molar-refractivity contribution in [1.29, 1.82) is 0 Å². The quantitative estimate of drug-likeness (QED) is 0.104. The van der Waals surface area contributed by atoms with Crippen LogP contribution < -0.4 is 16.0 Å². The molecule has 0 aliphatic heterocycles. The van der Waals surface area contributed by atoms with Crippen molar-refractivity contribution in [3.05, 3.63) is 100 Å². The van der Waals surface area contributed by atoms with Crippen LogP contribution in [0.2, 0.25) is 5.02 Å². The molecule has 2 aromatic carbocycles. The molecular formula is C29H19Cl3F9N3O3. The fraction of sp³-hybridized carbons (Fsp3) is 0.207. The van der Waals surface area contributed by atoms with Gasteiger partial charge in [-0.1, -0.05) is 24.3 Å². The predicted molar refractivity (Wildman–Crippen MR) is 158 cm³/mol. The Bertz CT molecular complexity index is 1720. The van der Waals surface area contributed by atoms with Gasteiger partial charge in [-0.25, -0.2) is 13.2 Å². The fourth-order valence-corrected chi connectivity index (χ4v) is 5.00. The lowest BCUT2D eigenvalue weighted by Crippen LogP contribution is -2.19. The summed E-state index contributed by atoms with van der Waals surface area (Å²) in [6.07, 6.45) is -8.87. The highest BCUT2D eigenvalue weighted by Crippen LogP contribution is 2.62. The first-order valence-electron chi connectivity index (χ1n) is 12.7. The Hall–Kier alpha value is -3.95. The van der Waals surface area contributed by atoms with Crippen LogP contribution in [0, 0.1) is 23.5 Å². The summed E-state index contributed by atoms with van der Waals surface area (Å²) in [5.74, 6) is -10.3. The molecule has 6 nitrogen and oxygen atoms in total. The van der Waals surface area contributed by atoms with Crippen molar-refractivity contribution in [2.75, 3.05) is 16.0 Å². The molecule has 2 atom stereocenters. The monoisotopic (exact) mass is 733 g/mol. The average molecular weight is 735 g/mol. The Balaban J connectivity index is 1.75. The summed E-state index contributed by atoms with van der Waals surface area (Å²) in [7, 11) is 0. The molecule has 18 heteroatoms. The Kier molecular flexibility index (Phi) is 11.2. The van der Waals surface area contributed by atoms with Crippen molar-refractivity contribution < 1.29 is 53.9 Å². The molecule has 252 valence electrons. The van der Waals surface area contributed by atoms with E-state index >= 15 is 0 Å². The van der Waals surface area contributed by atoms with Crippen molar-refractivity contribution in [3.63, 3.8) is 0 Å². The largest absolute Gasteiger partial charge is 0.415 e. The molecule has 3 N–H and O–H groups in total. The Morgan fingerprint density at radius 3 is 2.15 bits per heavy atom. The lowest BCUT2D eigenvalue weighted by Gasteiger charge is -2.13. The number of alkyl halides is 8. The van der Waals surface area contributed by atoms with Gasteiger partial charge in [0.25, 0.3) is 5.91 Å². The zero-order chi connectivity index (χ0) is 35.6. The molecule has 1 aliphatic carbocycles. The summed E-state index contributed by atoms with van der Waals surface area (Å²) in [6, 6.07) is 4.81. The molecule has 0 spiro atoms. The minimum Gasteiger partial charge on any atom is -0.326 e. The van der Waals surface area contributed by atoms with E-state index in [1.54, 1.807) is 5.32 Å². The number of carbonyl (C=O) groups is 3. The highest BCUT2D eigenvalue weighted by atomic mass is 35.5. The third kappa shape index (κ3) is 9.32. The summed E-state index contributed by atoms with van der Waals surface area (Å²) < 4.78 is 116. The second kappa shape index (κ2) is 14.0. The zero-order valence-electron chi connectivity index (χ0n) is 23.3. The van der Waals surface area contributed by atoms with Crippen LogP contribution in [-0.2, 0) is 9.59 Å². The van der Waals surface area contributed by atoms with Crippen LogP contribution in [0.4, 0.5) is 56.6 Å². The Morgan fingerprint density at radius 1 is 0.915 bits per heavy atom. The molecule has 2 aromatic rings. The summed E-state index contributed by atoms with van der Waals surface area (Å²) in [5.41, 5.74) is -3.87. The van der Waals surface area contributed by atoms with Gasteiger partial charge in [-0.3, -0.25) is 14.4 Å². The van der Waals surface area contributed by atoms with Gasteiger partial charge >= 0.3 is 12.4 Å². The van der Waals surface area contributed by atoms with Crippen molar-refractivity contribution in [2.45, 2.75) is 23.6 Å². The molecule has 1 saturated carbocycles. The highest BCUT2D eigenvalue weighted by molar-refractivity contribution is 6.53. The first-order chi connectivity index (χ1) is 21.5. The number of carbonyl (C=O) groups excluding carboxylic acids is 3. The SMILES string of the molecule is C=C(/C=C\C(F)=C(/C)C(F)(F)F)[C@H]1[C@H](C(=O)Nc2ccc(Cl)c(C(=O)Nc3ccc(F)c(NC(=O)/C=C/C(F)(F)F)c3F)c2)C1(Cl)Cl. The number of amides is 3. The van der Waals surface area contributed by atoms with Gasteiger partial charge in [0.2, 0.25) is 11.8 Å². The molecule has 1 fully saturated rings. The standard InChI is InChI=1S/C29H19Cl3F9N3O3/c1-12(3-6-17(33)13(2)29(39,40)41)21-22(28(21,31)32)26(47)42-14-4-5-16(30)15(11-14)25(46)43-19-8-7-18(34)24(23(19)35)44-20(45)9-10-27(36,37)38/h3-11,21-22H,1H2,2H3,(H,42,47)(H,43,46)(H,44,45)/b6-3-,10-9+,17-13-/t21-,22+/m0/s1. The van der Waals surface area contributed by atoms with Gasteiger partial charge < -0.3 is 16.0 Å². The first kappa shape index (κ1) is 37.5. The molecule has 3 rings (SSSR count). The third-order valence-corrected chi connectivity index (χ3v) is 7.72. The first-order valence-corrected chi connectivity index (χ1v) is 13.8. The maximum atomic E-state index is 14.9. The van der Waals surface area contributed by atoms with E-state index in [0.717, 1.165) is 24.3 Å². The van der Waals surface area contributed by atoms with Crippen molar-refractivity contribution >= 4 is 69.6 Å². The molecule has 47 heavy (non-hydrogen) atoms. The Morgan fingerprint density at radius 2 is 1.55 bits per heavy atom. The fourth-order valence-electron chi connectivity index (χ4n) is 3.94. The van der Waals surface area contributed by atoms with Gasteiger partial charge in [0.05, 0.1) is 27.8 Å². The van der Waals surface area contributed by atoms with Crippen LogP contribution in [0.5, 0.6) is 0 Å². The minimum atomic E-state index is -4.91. The lowest BCUT2D eigenvalue weighted by molar-refractivity contribution is -0.117. The molecule has 1 aliphatic rings. The van der Waals surface area contributed by atoms with E-state index in [1.807, 2.05) is 0 Å². The maximum absolute atomic E-state index is 14.9. The topological polar surface area (TPSA) is 87.3 Å². The summed E-state index contributed by atoms with van der Waals surface area (Å²) in [5, 5.41) is 5.86. The zero-order valence-corrected chi connectivity index (χ0v) is 25.6. The number of hydrogen-bond acceptors (Lipinski definition) is 3. The van der Waals surface area contributed by atoms with Crippen LogP contribution in [0.25, 0.3) is 0 Å². The third-order valence-electron chi connectivity index (χ3n) is 6.45. The van der Waals surface area contributed by atoms with Crippen LogP contribution >= 0.6 is 34.8 Å². The van der Waals surface area contributed by atoms with Crippen molar-refractivity contribution in [3.8, 4) is 0 Å². The average Bonchev–Trinajstić information content (AvgIpc) is 3.55. The summed E-state index contributed by atoms with van der Waals surface area (Å²) >= 11 is 18.4. The molecule has 0 radical (unpaired) electrons. The van der Waals surface area contributed by atoms with Crippen LogP contribution in [0.1, 0.15) is 17.3 Å². The van der Waals surface area contributed by atoms with Crippen LogP contribution in [0.3, 0.4) is 0 Å². The predicted octanol–water partition coefficient (Wildman–Crippen LogP) is 9.20. The van der Waals surface area contributed by atoms with Crippen LogP contribution in [-0.4, -0.2) is 34.4 Å². The van der Waals surface area contributed by atoms with E-state index < -0.39 is 86.7 Å². The molecule has 0 heterocycles. The van der Waals surface area contributed by atoms with E-state index in [4.69, 9.17) is 34.8 Å². The Labute approximate surface area is 274 Å². The number of hydrogen-bond donors (Lipinski definition) is 3.